The third-order valence-electron chi connectivity index (χ3n) is 5.27. The van der Waals surface area contributed by atoms with Crippen LogP contribution >= 0.6 is 0 Å². The first kappa shape index (κ1) is 20.8. The van der Waals surface area contributed by atoms with Crippen molar-refractivity contribution in [3.8, 4) is 0 Å². The average Bonchev–Trinajstić information content (AvgIpc) is 3.15. The molecule has 0 unspecified atom stereocenters. The molecule has 5 nitrogen and oxygen atoms in total. The Hall–Kier alpha value is -2.89. The highest BCUT2D eigenvalue weighted by Gasteiger charge is 2.22. The van der Waals surface area contributed by atoms with Crippen LogP contribution < -0.4 is 10.6 Å². The van der Waals surface area contributed by atoms with Crippen molar-refractivity contribution in [2.45, 2.75) is 39.3 Å². The summed E-state index contributed by atoms with van der Waals surface area (Å²) in [6.07, 6.45) is 2.07. The lowest BCUT2D eigenvalue weighted by Gasteiger charge is -2.16. The Morgan fingerprint density at radius 3 is 2.45 bits per heavy atom. The number of hydrogen-bond donors (Lipinski definition) is 2. The van der Waals surface area contributed by atoms with Gasteiger partial charge in [-0.2, -0.15) is 0 Å². The Kier molecular flexibility index (Phi) is 7.22. The molecule has 3 rings (SSSR count). The van der Waals surface area contributed by atoms with Gasteiger partial charge in [-0.25, -0.2) is 4.39 Å². The van der Waals surface area contributed by atoms with Gasteiger partial charge in [0.2, 0.25) is 5.91 Å². The van der Waals surface area contributed by atoms with Gasteiger partial charge in [-0.3, -0.25) is 9.79 Å². The van der Waals surface area contributed by atoms with Crippen LogP contribution in [0.4, 0.5) is 4.39 Å². The number of rotatable bonds is 7. The number of guanidine groups is 1. The van der Waals surface area contributed by atoms with E-state index < -0.39 is 0 Å². The molecule has 2 N–H and O–H groups in total. The van der Waals surface area contributed by atoms with E-state index in [1.807, 2.05) is 30.0 Å². The fraction of sp³-hybridized carbons (Fsp3) is 0.391. The molecule has 0 radical (unpaired) electrons. The van der Waals surface area contributed by atoms with Gasteiger partial charge in [0.05, 0.1) is 0 Å². The summed E-state index contributed by atoms with van der Waals surface area (Å²) >= 11 is 0. The van der Waals surface area contributed by atoms with Gasteiger partial charge < -0.3 is 15.5 Å². The molecule has 0 aliphatic carbocycles. The molecule has 0 aromatic heterocycles. The van der Waals surface area contributed by atoms with E-state index >= 15 is 0 Å². The lowest BCUT2D eigenvalue weighted by molar-refractivity contribution is -0.131. The summed E-state index contributed by atoms with van der Waals surface area (Å²) < 4.78 is 13.2. The smallest absolute Gasteiger partial charge is 0.223 e. The zero-order valence-corrected chi connectivity index (χ0v) is 17.2. The molecule has 1 heterocycles. The molecular weight excluding hydrogens is 367 g/mol. The number of halogens is 1. The van der Waals surface area contributed by atoms with Crippen molar-refractivity contribution in [1.29, 1.82) is 0 Å². The normalized spacial score (nSPS) is 13.3. The van der Waals surface area contributed by atoms with Crippen molar-refractivity contribution in [2.75, 3.05) is 20.1 Å². The maximum absolute atomic E-state index is 13.2. The number of amides is 1. The predicted molar refractivity (Wildman–Crippen MR) is 114 cm³/mol. The van der Waals surface area contributed by atoms with Gasteiger partial charge in [0.25, 0.3) is 0 Å². The van der Waals surface area contributed by atoms with Gasteiger partial charge in [-0.15, -0.1) is 0 Å². The lowest BCUT2D eigenvalue weighted by atomic mass is 10.1. The van der Waals surface area contributed by atoms with Crippen LogP contribution in [0, 0.1) is 12.7 Å². The molecule has 0 saturated heterocycles. The quantitative estimate of drug-likeness (QED) is 0.429. The first-order valence-electron chi connectivity index (χ1n) is 10.1. The maximum atomic E-state index is 13.2. The molecule has 2 aromatic rings. The van der Waals surface area contributed by atoms with Crippen LogP contribution in [0.15, 0.2) is 47.5 Å². The van der Waals surface area contributed by atoms with E-state index in [-0.39, 0.29) is 11.7 Å². The molecule has 2 aromatic carbocycles. The van der Waals surface area contributed by atoms with Crippen LogP contribution in [0.25, 0.3) is 0 Å². The molecule has 1 aliphatic rings. The largest absolute Gasteiger partial charge is 0.356 e. The first-order valence-corrected chi connectivity index (χ1v) is 10.1. The number of carbonyl (C=O) groups excluding carboxylic acids is 1. The number of aliphatic imine (C=N–C) groups is 1. The van der Waals surface area contributed by atoms with Crippen LogP contribution in [0.1, 0.15) is 35.1 Å². The van der Waals surface area contributed by atoms with Crippen LogP contribution in [0.3, 0.4) is 0 Å². The second-order valence-electron chi connectivity index (χ2n) is 7.37. The molecule has 0 bridgehead atoms. The number of benzene rings is 2. The molecule has 0 saturated carbocycles. The number of nitrogens with zero attached hydrogens (tertiary/aromatic N) is 2. The molecule has 29 heavy (non-hydrogen) atoms. The summed E-state index contributed by atoms with van der Waals surface area (Å²) in [6, 6.07) is 13.1. The third-order valence-corrected chi connectivity index (χ3v) is 5.27. The first-order chi connectivity index (χ1) is 14.1. The number of aryl methyl sites for hydroxylation is 1. The standard InChI is InChI=1S/C23H29FN4O/c1-17-14-21(24)10-9-18(17)11-13-27-23(25-2)26-12-5-8-22(29)28-15-19-6-3-4-7-20(19)16-28/h3-4,6-7,9-10,14H,5,8,11-13,15-16H2,1-2H3,(H2,25,26,27). The van der Waals surface area contributed by atoms with Crippen LogP contribution in [-0.2, 0) is 24.3 Å². The molecule has 1 aliphatic heterocycles. The van der Waals surface area contributed by atoms with Gasteiger partial charge in [0.1, 0.15) is 5.82 Å². The van der Waals surface area contributed by atoms with Crippen molar-refractivity contribution >= 4 is 11.9 Å². The van der Waals surface area contributed by atoms with Crippen LogP contribution in [0.5, 0.6) is 0 Å². The molecule has 1 amide bonds. The Balaban J connectivity index is 1.33. The second-order valence-corrected chi connectivity index (χ2v) is 7.37. The van der Waals surface area contributed by atoms with E-state index in [1.165, 1.54) is 17.2 Å². The minimum absolute atomic E-state index is 0.192. The topological polar surface area (TPSA) is 56.7 Å². The molecule has 0 atom stereocenters. The Morgan fingerprint density at radius 2 is 1.79 bits per heavy atom. The highest BCUT2D eigenvalue weighted by atomic mass is 19.1. The summed E-state index contributed by atoms with van der Waals surface area (Å²) in [5, 5.41) is 6.52. The summed E-state index contributed by atoms with van der Waals surface area (Å²) in [5.41, 5.74) is 4.57. The zero-order chi connectivity index (χ0) is 20.6. The van der Waals surface area contributed by atoms with Gasteiger partial charge in [0.15, 0.2) is 5.96 Å². The monoisotopic (exact) mass is 396 g/mol. The van der Waals surface area contributed by atoms with Crippen molar-refractivity contribution in [3.63, 3.8) is 0 Å². The average molecular weight is 397 g/mol. The molecule has 0 spiro atoms. The van der Waals surface area contributed by atoms with Gasteiger partial charge >= 0.3 is 0 Å². The summed E-state index contributed by atoms with van der Waals surface area (Å²) in [6.45, 7) is 4.74. The molecule has 154 valence electrons. The zero-order valence-electron chi connectivity index (χ0n) is 17.2. The fourth-order valence-corrected chi connectivity index (χ4v) is 3.59. The fourth-order valence-electron chi connectivity index (χ4n) is 3.59. The highest BCUT2D eigenvalue weighted by Crippen LogP contribution is 2.22. The third kappa shape index (κ3) is 5.79. The number of hydrogen-bond acceptors (Lipinski definition) is 2. The molecule has 6 heteroatoms. The van der Waals surface area contributed by atoms with Crippen molar-refractivity contribution in [2.24, 2.45) is 4.99 Å². The number of carbonyl (C=O) groups is 1. The maximum Gasteiger partial charge on any atom is 0.223 e. The molecular formula is C23H29FN4O. The lowest BCUT2D eigenvalue weighted by Crippen LogP contribution is -2.39. The van der Waals surface area contributed by atoms with Crippen LogP contribution in [-0.4, -0.2) is 36.9 Å². The Labute approximate surface area is 172 Å². The van der Waals surface area contributed by atoms with E-state index in [0.29, 0.717) is 38.6 Å². The van der Waals surface area contributed by atoms with E-state index in [1.54, 1.807) is 13.1 Å². The van der Waals surface area contributed by atoms with E-state index in [4.69, 9.17) is 0 Å². The van der Waals surface area contributed by atoms with Crippen molar-refractivity contribution in [1.82, 2.24) is 15.5 Å². The number of fused-ring (bicyclic) bond motifs is 1. The van der Waals surface area contributed by atoms with E-state index in [0.717, 1.165) is 24.0 Å². The summed E-state index contributed by atoms with van der Waals surface area (Å²) in [4.78, 5) is 18.6. The van der Waals surface area contributed by atoms with E-state index in [9.17, 15) is 9.18 Å². The Morgan fingerprint density at radius 1 is 1.10 bits per heavy atom. The highest BCUT2D eigenvalue weighted by molar-refractivity contribution is 5.80. The predicted octanol–water partition coefficient (Wildman–Crippen LogP) is 3.16. The minimum atomic E-state index is -0.205. The van der Waals surface area contributed by atoms with Gasteiger partial charge in [-0.05, 0) is 54.2 Å². The Bertz CT molecular complexity index is 856. The van der Waals surface area contributed by atoms with Crippen molar-refractivity contribution in [3.05, 3.63) is 70.5 Å². The summed E-state index contributed by atoms with van der Waals surface area (Å²) in [7, 11) is 1.73. The minimum Gasteiger partial charge on any atom is -0.356 e. The van der Waals surface area contributed by atoms with E-state index in [2.05, 4.69) is 27.8 Å². The second kappa shape index (κ2) is 10.0. The van der Waals surface area contributed by atoms with Crippen LogP contribution in [0.2, 0.25) is 0 Å². The van der Waals surface area contributed by atoms with Gasteiger partial charge in [-0.1, -0.05) is 30.3 Å². The molecule has 0 fully saturated rings. The number of nitrogens with one attached hydrogen (secondary N) is 2. The SMILES string of the molecule is CN=C(NCCCC(=O)N1Cc2ccccc2C1)NCCc1ccc(F)cc1C. The summed E-state index contributed by atoms with van der Waals surface area (Å²) in [5.74, 6) is 0.701. The van der Waals surface area contributed by atoms with Gasteiger partial charge in [0, 0.05) is 39.6 Å². The van der Waals surface area contributed by atoms with Crippen molar-refractivity contribution < 1.29 is 9.18 Å².